The molecule has 2 heterocycles. The van der Waals surface area contributed by atoms with Gasteiger partial charge in [0.15, 0.2) is 0 Å². The molecule has 1 aliphatic rings. The molecule has 2 amide bonds. The van der Waals surface area contributed by atoms with Gasteiger partial charge in [-0.15, -0.1) is 24.8 Å². The highest BCUT2D eigenvalue weighted by Crippen LogP contribution is 2.24. The van der Waals surface area contributed by atoms with E-state index in [0.717, 1.165) is 18.7 Å². The first-order valence-corrected chi connectivity index (χ1v) is 13.2. The van der Waals surface area contributed by atoms with Crippen LogP contribution in [0.25, 0.3) is 0 Å². The molecule has 3 aromatic carbocycles. The molecule has 41 heavy (non-hydrogen) atoms. The van der Waals surface area contributed by atoms with Gasteiger partial charge >= 0.3 is 0 Å². The van der Waals surface area contributed by atoms with E-state index < -0.39 is 0 Å². The van der Waals surface area contributed by atoms with Gasteiger partial charge in [-0.2, -0.15) is 0 Å². The Balaban J connectivity index is 0.00000231. The van der Waals surface area contributed by atoms with E-state index in [9.17, 15) is 9.59 Å². The average molecular weight is 634 g/mol. The van der Waals surface area contributed by atoms with Crippen molar-refractivity contribution < 1.29 is 14.3 Å². The van der Waals surface area contributed by atoms with Crippen LogP contribution in [-0.4, -0.2) is 46.2 Å². The van der Waals surface area contributed by atoms with Crippen molar-refractivity contribution in [1.29, 1.82) is 0 Å². The lowest BCUT2D eigenvalue weighted by atomic mass is 10.1. The second-order valence-corrected chi connectivity index (χ2v) is 10.0. The summed E-state index contributed by atoms with van der Waals surface area (Å²) in [4.78, 5) is 33.5. The van der Waals surface area contributed by atoms with Crippen LogP contribution in [0.3, 0.4) is 0 Å². The van der Waals surface area contributed by atoms with Crippen molar-refractivity contribution in [1.82, 2.24) is 14.8 Å². The predicted octanol–water partition coefficient (Wildman–Crippen LogP) is 7.12. The summed E-state index contributed by atoms with van der Waals surface area (Å²) in [6, 6.07) is 25.9. The molecule has 0 radical (unpaired) electrons. The van der Waals surface area contributed by atoms with Crippen molar-refractivity contribution in [2.45, 2.75) is 13.1 Å². The average Bonchev–Trinajstić information content (AvgIpc) is 2.94. The van der Waals surface area contributed by atoms with E-state index in [4.69, 9.17) is 27.9 Å². The van der Waals surface area contributed by atoms with E-state index in [-0.39, 0.29) is 36.6 Å². The summed E-state index contributed by atoms with van der Waals surface area (Å²) >= 11 is 11.9. The molecular weight excluding hydrogens is 606 g/mol. The summed E-state index contributed by atoms with van der Waals surface area (Å²) in [6.07, 6.45) is 1.52. The number of benzene rings is 3. The fourth-order valence-corrected chi connectivity index (χ4v) is 4.56. The number of hydrogen-bond donors (Lipinski definition) is 1. The third kappa shape index (κ3) is 8.83. The molecule has 1 aliphatic heterocycles. The number of amides is 2. The maximum Gasteiger partial charge on any atom is 0.255 e. The van der Waals surface area contributed by atoms with Crippen LogP contribution < -0.4 is 10.1 Å². The zero-order valence-electron chi connectivity index (χ0n) is 21.8. The van der Waals surface area contributed by atoms with Gasteiger partial charge < -0.3 is 15.0 Å². The molecule has 11 heteroatoms. The van der Waals surface area contributed by atoms with Gasteiger partial charge in [0.1, 0.15) is 5.75 Å². The Morgan fingerprint density at radius 2 is 1.59 bits per heavy atom. The molecule has 0 aliphatic carbocycles. The minimum Gasteiger partial charge on any atom is -0.439 e. The smallest absolute Gasteiger partial charge is 0.255 e. The summed E-state index contributed by atoms with van der Waals surface area (Å²) in [5.74, 6) is 0.821. The number of halogens is 4. The number of pyridine rings is 1. The fraction of sp³-hybridized carbons (Fsp3) is 0.167. The third-order valence-corrected chi connectivity index (χ3v) is 7.08. The Kier molecular flexibility index (Phi) is 11.8. The molecule has 0 atom stereocenters. The van der Waals surface area contributed by atoms with E-state index in [1.54, 1.807) is 24.3 Å². The Morgan fingerprint density at radius 3 is 2.24 bits per heavy atom. The monoisotopic (exact) mass is 632 g/mol. The molecule has 0 unspecified atom stereocenters. The van der Waals surface area contributed by atoms with Crippen LogP contribution in [0.15, 0.2) is 91.1 Å². The standard InChI is InChI=1S/C30H26Cl2N4O3.2ClH/c31-26-12-8-23(16-27(26)32)30(38)34-24-9-13-28(33-17-24)39-25-10-6-22(7-11-25)19-36-15-14-35(20-29(36)37)18-21-4-2-1-3-5-21;;/h1-13,16-17H,14-15,18-20H2,(H,34,38);2*1H. The first kappa shape index (κ1) is 32.2. The number of nitrogens with zero attached hydrogens (tertiary/aromatic N) is 3. The number of aromatic nitrogens is 1. The Bertz CT molecular complexity index is 1460. The zero-order valence-corrected chi connectivity index (χ0v) is 25.0. The van der Waals surface area contributed by atoms with Crippen molar-refractivity contribution >= 4 is 65.5 Å². The van der Waals surface area contributed by atoms with E-state index in [2.05, 4.69) is 27.3 Å². The van der Waals surface area contributed by atoms with Gasteiger partial charge in [-0.05, 0) is 47.5 Å². The predicted molar refractivity (Wildman–Crippen MR) is 167 cm³/mol. The zero-order chi connectivity index (χ0) is 27.2. The van der Waals surface area contributed by atoms with Crippen molar-refractivity contribution in [2.75, 3.05) is 25.0 Å². The molecule has 1 aromatic heterocycles. The normalized spacial score (nSPS) is 13.1. The number of ether oxygens (including phenoxy) is 1. The maximum absolute atomic E-state index is 12.7. The van der Waals surface area contributed by atoms with E-state index >= 15 is 0 Å². The number of nitrogens with one attached hydrogen (secondary N) is 1. The first-order valence-electron chi connectivity index (χ1n) is 12.5. The Hall–Kier alpha value is -3.33. The van der Waals surface area contributed by atoms with Crippen molar-refractivity contribution in [3.63, 3.8) is 0 Å². The number of rotatable bonds is 8. The summed E-state index contributed by atoms with van der Waals surface area (Å²) < 4.78 is 5.85. The molecule has 0 spiro atoms. The fourth-order valence-electron chi connectivity index (χ4n) is 4.26. The van der Waals surface area contributed by atoms with Gasteiger partial charge in [-0.25, -0.2) is 4.98 Å². The molecule has 7 nitrogen and oxygen atoms in total. The lowest BCUT2D eigenvalue weighted by Gasteiger charge is -2.34. The largest absolute Gasteiger partial charge is 0.439 e. The van der Waals surface area contributed by atoms with Gasteiger partial charge in [0.05, 0.1) is 28.5 Å². The topological polar surface area (TPSA) is 74.8 Å². The van der Waals surface area contributed by atoms with Gasteiger partial charge in [0.25, 0.3) is 5.91 Å². The molecular formula is C30H28Cl4N4O3. The number of carbonyl (C=O) groups excluding carboxylic acids is 2. The molecule has 1 saturated heterocycles. The molecule has 214 valence electrons. The minimum atomic E-state index is -0.323. The van der Waals surface area contributed by atoms with Crippen LogP contribution in [0.2, 0.25) is 10.0 Å². The molecule has 4 aromatic rings. The van der Waals surface area contributed by atoms with Crippen LogP contribution in [0, 0.1) is 0 Å². The van der Waals surface area contributed by atoms with Crippen LogP contribution >= 0.6 is 48.0 Å². The second-order valence-electron chi connectivity index (χ2n) is 9.23. The molecule has 1 fully saturated rings. The van der Waals surface area contributed by atoms with Crippen LogP contribution in [0.1, 0.15) is 21.5 Å². The minimum absolute atomic E-state index is 0. The maximum atomic E-state index is 12.7. The quantitative estimate of drug-likeness (QED) is 0.224. The molecule has 5 rings (SSSR count). The van der Waals surface area contributed by atoms with E-state index in [0.29, 0.717) is 52.6 Å². The Morgan fingerprint density at radius 1 is 0.854 bits per heavy atom. The van der Waals surface area contributed by atoms with Crippen molar-refractivity contribution in [2.24, 2.45) is 0 Å². The van der Waals surface area contributed by atoms with Crippen LogP contribution in [0.5, 0.6) is 11.6 Å². The van der Waals surface area contributed by atoms with Crippen molar-refractivity contribution in [3.05, 3.63) is 118 Å². The molecule has 0 saturated carbocycles. The van der Waals surface area contributed by atoms with Gasteiger partial charge in [-0.3, -0.25) is 14.5 Å². The highest BCUT2D eigenvalue weighted by molar-refractivity contribution is 6.42. The van der Waals surface area contributed by atoms with E-state index in [1.807, 2.05) is 47.4 Å². The number of piperazine rings is 1. The second kappa shape index (κ2) is 15.1. The lowest BCUT2D eigenvalue weighted by molar-refractivity contribution is -0.136. The lowest BCUT2D eigenvalue weighted by Crippen LogP contribution is -2.49. The number of hydrogen-bond acceptors (Lipinski definition) is 5. The number of carbonyl (C=O) groups is 2. The summed E-state index contributed by atoms with van der Waals surface area (Å²) in [7, 11) is 0. The summed E-state index contributed by atoms with van der Waals surface area (Å²) in [5, 5.41) is 3.46. The SMILES string of the molecule is Cl.Cl.O=C(Nc1ccc(Oc2ccc(CN3CCN(Cc4ccccc4)CC3=O)cc2)nc1)c1ccc(Cl)c(Cl)c1. The molecule has 1 N–H and O–H groups in total. The van der Waals surface area contributed by atoms with Crippen LogP contribution in [0.4, 0.5) is 5.69 Å². The van der Waals surface area contributed by atoms with Crippen molar-refractivity contribution in [3.8, 4) is 11.6 Å². The van der Waals surface area contributed by atoms with Gasteiger partial charge in [0, 0.05) is 37.8 Å². The van der Waals surface area contributed by atoms with Gasteiger partial charge in [-0.1, -0.05) is 65.7 Å². The first-order chi connectivity index (χ1) is 18.9. The highest BCUT2D eigenvalue weighted by atomic mass is 35.5. The summed E-state index contributed by atoms with van der Waals surface area (Å²) in [6.45, 7) is 3.31. The highest BCUT2D eigenvalue weighted by Gasteiger charge is 2.24. The molecule has 0 bridgehead atoms. The van der Waals surface area contributed by atoms with E-state index in [1.165, 1.54) is 17.8 Å². The van der Waals surface area contributed by atoms with Gasteiger partial charge in [0.2, 0.25) is 11.8 Å². The Labute approximate surface area is 261 Å². The third-order valence-electron chi connectivity index (χ3n) is 6.34. The van der Waals surface area contributed by atoms with Crippen LogP contribution in [-0.2, 0) is 17.9 Å². The number of anilines is 1. The summed E-state index contributed by atoms with van der Waals surface area (Å²) in [5.41, 5.74) is 3.15.